The number of thiazole rings is 1. The SMILES string of the molecule is Cc1ccc2nc(N(CCCN3CCOCC3)C(=O)COc3ccc(Cl)cc3Cl)sc2c1. The number of rotatable bonds is 8. The number of aromatic nitrogens is 1. The Hall–Kier alpha value is -1.90. The van der Waals surface area contributed by atoms with Crippen molar-refractivity contribution in [3.63, 3.8) is 0 Å². The van der Waals surface area contributed by atoms with E-state index in [0.717, 1.165) is 49.5 Å². The van der Waals surface area contributed by atoms with E-state index in [1.165, 1.54) is 16.9 Å². The van der Waals surface area contributed by atoms with Gasteiger partial charge >= 0.3 is 0 Å². The minimum atomic E-state index is -0.159. The molecule has 0 spiro atoms. The maximum atomic E-state index is 13.2. The van der Waals surface area contributed by atoms with Crippen LogP contribution in [-0.2, 0) is 9.53 Å². The van der Waals surface area contributed by atoms with Crippen molar-refractivity contribution >= 4 is 55.8 Å². The molecule has 1 saturated heterocycles. The lowest BCUT2D eigenvalue weighted by molar-refractivity contribution is -0.120. The molecule has 2 aromatic carbocycles. The molecule has 2 heterocycles. The van der Waals surface area contributed by atoms with Crippen LogP contribution in [0.3, 0.4) is 0 Å². The number of benzene rings is 2. The summed E-state index contributed by atoms with van der Waals surface area (Å²) in [5.74, 6) is 0.270. The Kier molecular flexibility index (Phi) is 7.86. The van der Waals surface area contributed by atoms with E-state index < -0.39 is 0 Å². The number of amides is 1. The van der Waals surface area contributed by atoms with Crippen LogP contribution in [0, 0.1) is 6.92 Å². The van der Waals surface area contributed by atoms with Crippen molar-refractivity contribution in [2.24, 2.45) is 0 Å². The number of carbonyl (C=O) groups excluding carboxylic acids is 1. The number of morpholine rings is 1. The summed E-state index contributed by atoms with van der Waals surface area (Å²) in [4.78, 5) is 22.0. The molecule has 6 nitrogen and oxygen atoms in total. The first-order valence-corrected chi connectivity index (χ1v) is 12.1. The molecule has 0 radical (unpaired) electrons. The molecule has 0 bridgehead atoms. The van der Waals surface area contributed by atoms with Crippen LogP contribution < -0.4 is 9.64 Å². The fourth-order valence-electron chi connectivity index (χ4n) is 3.55. The van der Waals surface area contributed by atoms with Crippen LogP contribution in [0.1, 0.15) is 12.0 Å². The van der Waals surface area contributed by atoms with Crippen molar-refractivity contribution in [1.82, 2.24) is 9.88 Å². The van der Waals surface area contributed by atoms with Crippen LogP contribution in [0.2, 0.25) is 10.0 Å². The zero-order valence-electron chi connectivity index (χ0n) is 17.9. The highest BCUT2D eigenvalue weighted by molar-refractivity contribution is 7.22. The quantitative estimate of drug-likeness (QED) is 0.439. The number of aryl methyl sites for hydroxylation is 1. The van der Waals surface area contributed by atoms with Gasteiger partial charge in [0, 0.05) is 31.2 Å². The van der Waals surface area contributed by atoms with E-state index in [2.05, 4.69) is 11.0 Å². The molecule has 9 heteroatoms. The summed E-state index contributed by atoms with van der Waals surface area (Å²) in [7, 11) is 0. The highest BCUT2D eigenvalue weighted by atomic mass is 35.5. The number of hydrogen-bond acceptors (Lipinski definition) is 6. The number of fused-ring (bicyclic) bond motifs is 1. The van der Waals surface area contributed by atoms with Gasteiger partial charge in [0.25, 0.3) is 5.91 Å². The van der Waals surface area contributed by atoms with Crippen molar-refractivity contribution in [3.05, 3.63) is 52.0 Å². The zero-order valence-corrected chi connectivity index (χ0v) is 20.2. The number of nitrogens with zero attached hydrogens (tertiary/aromatic N) is 3. The van der Waals surface area contributed by atoms with Crippen molar-refractivity contribution in [2.45, 2.75) is 13.3 Å². The Labute approximate surface area is 201 Å². The van der Waals surface area contributed by atoms with Gasteiger partial charge in [0.2, 0.25) is 0 Å². The predicted octanol–water partition coefficient (Wildman–Crippen LogP) is 5.05. The Morgan fingerprint density at radius 3 is 2.81 bits per heavy atom. The summed E-state index contributed by atoms with van der Waals surface area (Å²) in [5.41, 5.74) is 2.06. The highest BCUT2D eigenvalue weighted by Gasteiger charge is 2.21. The largest absolute Gasteiger partial charge is 0.482 e. The molecule has 1 aliphatic heterocycles. The lowest BCUT2D eigenvalue weighted by Crippen LogP contribution is -2.40. The summed E-state index contributed by atoms with van der Waals surface area (Å²) in [6, 6.07) is 11.1. The number of halogens is 2. The molecule has 4 rings (SSSR count). The van der Waals surface area contributed by atoms with Crippen molar-refractivity contribution in [2.75, 3.05) is 50.9 Å². The van der Waals surface area contributed by atoms with Crippen LogP contribution >= 0.6 is 34.5 Å². The first-order chi connectivity index (χ1) is 15.5. The lowest BCUT2D eigenvalue weighted by Gasteiger charge is -2.27. The number of ether oxygens (including phenoxy) is 2. The molecule has 1 amide bonds. The summed E-state index contributed by atoms with van der Waals surface area (Å²) in [5, 5.41) is 1.58. The Balaban J connectivity index is 1.47. The Morgan fingerprint density at radius 2 is 2.03 bits per heavy atom. The van der Waals surface area contributed by atoms with Gasteiger partial charge in [0.1, 0.15) is 5.75 Å². The average Bonchev–Trinajstić information content (AvgIpc) is 3.19. The van der Waals surface area contributed by atoms with Crippen molar-refractivity contribution in [1.29, 1.82) is 0 Å². The minimum Gasteiger partial charge on any atom is -0.482 e. The smallest absolute Gasteiger partial charge is 0.266 e. The third-order valence-corrected chi connectivity index (χ3v) is 6.84. The van der Waals surface area contributed by atoms with Gasteiger partial charge in [0.05, 0.1) is 28.5 Å². The normalized spacial score (nSPS) is 14.6. The van der Waals surface area contributed by atoms with E-state index in [-0.39, 0.29) is 12.5 Å². The molecule has 0 atom stereocenters. The minimum absolute atomic E-state index is 0.131. The highest BCUT2D eigenvalue weighted by Crippen LogP contribution is 2.31. The monoisotopic (exact) mass is 493 g/mol. The topological polar surface area (TPSA) is 54.9 Å². The van der Waals surface area contributed by atoms with Crippen LogP contribution in [0.5, 0.6) is 5.75 Å². The van der Waals surface area contributed by atoms with Gasteiger partial charge in [-0.2, -0.15) is 0 Å². The molecule has 1 aliphatic rings. The van der Waals surface area contributed by atoms with Gasteiger partial charge in [-0.15, -0.1) is 0 Å². The molecule has 0 unspecified atom stereocenters. The second-order valence-corrected chi connectivity index (χ2v) is 9.54. The van der Waals surface area contributed by atoms with Gasteiger partial charge in [-0.1, -0.05) is 40.6 Å². The van der Waals surface area contributed by atoms with Gasteiger partial charge in [-0.3, -0.25) is 14.6 Å². The van der Waals surface area contributed by atoms with E-state index in [4.69, 9.17) is 37.7 Å². The fourth-order valence-corrected chi connectivity index (χ4v) is 5.12. The lowest BCUT2D eigenvalue weighted by atomic mass is 10.2. The molecule has 0 aliphatic carbocycles. The van der Waals surface area contributed by atoms with E-state index in [0.29, 0.717) is 27.5 Å². The Bertz CT molecular complexity index is 1090. The third-order valence-electron chi connectivity index (χ3n) is 5.27. The first kappa shape index (κ1) is 23.3. The van der Waals surface area contributed by atoms with Crippen LogP contribution in [0.4, 0.5) is 5.13 Å². The van der Waals surface area contributed by atoms with E-state index in [1.807, 2.05) is 19.1 Å². The van der Waals surface area contributed by atoms with Gasteiger partial charge in [-0.05, 0) is 49.2 Å². The fraction of sp³-hybridized carbons (Fsp3) is 0.391. The van der Waals surface area contributed by atoms with Crippen LogP contribution in [0.25, 0.3) is 10.2 Å². The van der Waals surface area contributed by atoms with Crippen molar-refractivity contribution in [3.8, 4) is 5.75 Å². The Morgan fingerprint density at radius 1 is 1.22 bits per heavy atom. The second kappa shape index (κ2) is 10.8. The zero-order chi connectivity index (χ0) is 22.5. The maximum Gasteiger partial charge on any atom is 0.266 e. The average molecular weight is 494 g/mol. The molecule has 170 valence electrons. The number of anilines is 1. The van der Waals surface area contributed by atoms with Crippen LogP contribution in [0.15, 0.2) is 36.4 Å². The first-order valence-electron chi connectivity index (χ1n) is 10.5. The molecule has 1 fully saturated rings. The predicted molar refractivity (Wildman–Crippen MR) is 131 cm³/mol. The summed E-state index contributed by atoms with van der Waals surface area (Å²) in [6.07, 6.45) is 0.836. The molecule has 1 aromatic heterocycles. The summed E-state index contributed by atoms with van der Waals surface area (Å²) < 4.78 is 12.2. The van der Waals surface area contributed by atoms with Gasteiger partial charge in [-0.25, -0.2) is 4.98 Å². The molecule has 3 aromatic rings. The molecular formula is C23H25Cl2N3O3S. The van der Waals surface area contributed by atoms with Crippen molar-refractivity contribution < 1.29 is 14.3 Å². The second-order valence-electron chi connectivity index (χ2n) is 7.68. The molecule has 0 saturated carbocycles. The molecular weight excluding hydrogens is 469 g/mol. The van der Waals surface area contributed by atoms with Gasteiger partial charge < -0.3 is 9.47 Å². The van der Waals surface area contributed by atoms with E-state index >= 15 is 0 Å². The van der Waals surface area contributed by atoms with Gasteiger partial charge in [0.15, 0.2) is 11.7 Å². The van der Waals surface area contributed by atoms with E-state index in [1.54, 1.807) is 23.1 Å². The number of carbonyl (C=O) groups is 1. The summed E-state index contributed by atoms with van der Waals surface area (Å²) >= 11 is 13.7. The standard InChI is InChI=1S/C23H25Cl2N3O3S/c1-16-3-5-19-21(13-16)32-23(26-19)28(8-2-7-27-9-11-30-12-10-27)22(29)15-31-20-6-4-17(24)14-18(20)25/h3-6,13-14H,2,7-12,15H2,1H3. The summed E-state index contributed by atoms with van der Waals surface area (Å²) in [6.45, 7) is 6.75. The molecule has 32 heavy (non-hydrogen) atoms. The number of hydrogen-bond donors (Lipinski definition) is 0. The maximum absolute atomic E-state index is 13.2. The van der Waals surface area contributed by atoms with E-state index in [9.17, 15) is 4.79 Å². The third kappa shape index (κ3) is 5.91. The van der Waals surface area contributed by atoms with Crippen LogP contribution in [-0.4, -0.2) is 61.8 Å². The molecule has 0 N–H and O–H groups in total.